The molecule has 1 amide bonds. The number of para-hydroxylation sites is 1. The van der Waals surface area contributed by atoms with Crippen molar-refractivity contribution in [3.63, 3.8) is 0 Å². The summed E-state index contributed by atoms with van der Waals surface area (Å²) in [6.07, 6.45) is 2.75. The second kappa shape index (κ2) is 9.65. The lowest BCUT2D eigenvalue weighted by atomic mass is 10.1. The van der Waals surface area contributed by atoms with Crippen LogP contribution in [-0.2, 0) is 4.74 Å². The van der Waals surface area contributed by atoms with Crippen LogP contribution in [0.4, 0.5) is 11.6 Å². The normalized spacial score (nSPS) is 14.6. The molecule has 0 aliphatic carbocycles. The van der Waals surface area contributed by atoms with Crippen LogP contribution in [0.1, 0.15) is 22.3 Å². The zero-order chi connectivity index (χ0) is 20.8. The predicted octanol–water partition coefficient (Wildman–Crippen LogP) is 3.13. The fourth-order valence-electron chi connectivity index (χ4n) is 3.53. The number of hydrogen-bond acceptors (Lipinski definition) is 6. The summed E-state index contributed by atoms with van der Waals surface area (Å²) in [5, 5.41) is 7.22. The summed E-state index contributed by atoms with van der Waals surface area (Å²) in [4.78, 5) is 23.7. The minimum absolute atomic E-state index is 0.0545. The minimum atomic E-state index is -0.0545. The second-order valence-electron chi connectivity index (χ2n) is 7.47. The van der Waals surface area contributed by atoms with E-state index < -0.39 is 0 Å². The summed E-state index contributed by atoms with van der Waals surface area (Å²) < 4.78 is 5.35. The van der Waals surface area contributed by atoms with Gasteiger partial charge in [0.15, 0.2) is 0 Å². The Morgan fingerprint density at radius 1 is 1.13 bits per heavy atom. The van der Waals surface area contributed by atoms with Gasteiger partial charge in [0, 0.05) is 42.5 Å². The molecular weight excluding hydrogens is 378 g/mol. The third kappa shape index (κ3) is 5.11. The van der Waals surface area contributed by atoms with Crippen molar-refractivity contribution in [3.8, 4) is 0 Å². The van der Waals surface area contributed by atoms with Gasteiger partial charge in [-0.1, -0.05) is 18.2 Å². The number of carbonyl (C=O) groups excluding carboxylic acids is 1. The van der Waals surface area contributed by atoms with Crippen LogP contribution < -0.4 is 10.6 Å². The Bertz CT molecular complexity index is 1000. The van der Waals surface area contributed by atoms with Crippen LogP contribution in [0, 0.1) is 6.92 Å². The maximum atomic E-state index is 12.4. The fourth-order valence-corrected chi connectivity index (χ4v) is 3.53. The predicted molar refractivity (Wildman–Crippen MR) is 118 cm³/mol. The molecule has 0 bridgehead atoms. The molecule has 0 saturated carbocycles. The van der Waals surface area contributed by atoms with Gasteiger partial charge in [-0.3, -0.25) is 9.69 Å². The molecule has 2 aromatic carbocycles. The molecule has 2 heterocycles. The Labute approximate surface area is 176 Å². The van der Waals surface area contributed by atoms with Crippen molar-refractivity contribution in [3.05, 3.63) is 59.8 Å². The molecular formula is C23H27N5O2. The first kappa shape index (κ1) is 20.3. The number of rotatable bonds is 7. The minimum Gasteiger partial charge on any atom is -0.379 e. The van der Waals surface area contributed by atoms with Gasteiger partial charge in [-0.05, 0) is 49.7 Å². The van der Waals surface area contributed by atoms with E-state index in [2.05, 4.69) is 25.5 Å². The summed E-state index contributed by atoms with van der Waals surface area (Å²) in [6.45, 7) is 7.24. The highest BCUT2D eigenvalue weighted by Gasteiger charge is 2.10. The highest BCUT2D eigenvalue weighted by atomic mass is 16.5. The Balaban J connectivity index is 1.29. The molecule has 0 unspecified atom stereocenters. The first-order chi connectivity index (χ1) is 14.7. The molecule has 1 aromatic heterocycles. The van der Waals surface area contributed by atoms with Gasteiger partial charge in [0.25, 0.3) is 5.91 Å². The van der Waals surface area contributed by atoms with Crippen molar-refractivity contribution in [2.45, 2.75) is 13.3 Å². The van der Waals surface area contributed by atoms with E-state index in [1.807, 2.05) is 55.6 Å². The first-order valence-corrected chi connectivity index (χ1v) is 10.4. The van der Waals surface area contributed by atoms with Crippen LogP contribution in [0.15, 0.2) is 48.7 Å². The lowest BCUT2D eigenvalue weighted by Gasteiger charge is -2.26. The molecule has 0 radical (unpaired) electrons. The van der Waals surface area contributed by atoms with Crippen LogP contribution in [-0.4, -0.2) is 60.2 Å². The molecule has 156 valence electrons. The molecule has 7 heteroatoms. The average Bonchev–Trinajstić information content (AvgIpc) is 2.78. The van der Waals surface area contributed by atoms with Gasteiger partial charge in [-0.2, -0.15) is 0 Å². The molecule has 4 rings (SSSR count). The van der Waals surface area contributed by atoms with Crippen molar-refractivity contribution in [1.82, 2.24) is 20.2 Å². The van der Waals surface area contributed by atoms with Crippen LogP contribution in [0.5, 0.6) is 0 Å². The molecule has 7 nitrogen and oxygen atoms in total. The van der Waals surface area contributed by atoms with E-state index in [0.717, 1.165) is 61.4 Å². The highest BCUT2D eigenvalue weighted by molar-refractivity contribution is 5.94. The number of ether oxygens (including phenoxy) is 1. The number of morpholine rings is 1. The number of fused-ring (bicyclic) bond motifs is 1. The zero-order valence-corrected chi connectivity index (χ0v) is 17.2. The monoisotopic (exact) mass is 405 g/mol. The Hall–Kier alpha value is -3.03. The summed E-state index contributed by atoms with van der Waals surface area (Å²) in [5.74, 6) is 0.484. The SMILES string of the molecule is Cc1cccc2cnc(Nc3ccc(C(=O)NCCCN4CCOCC4)cc3)nc12. The molecule has 1 fully saturated rings. The van der Waals surface area contributed by atoms with Gasteiger partial charge in [-0.25, -0.2) is 9.97 Å². The molecule has 0 atom stereocenters. The van der Waals surface area contributed by atoms with Crippen molar-refractivity contribution >= 4 is 28.4 Å². The fraction of sp³-hybridized carbons (Fsp3) is 0.348. The van der Waals surface area contributed by atoms with E-state index in [1.54, 1.807) is 0 Å². The summed E-state index contributed by atoms with van der Waals surface area (Å²) in [6, 6.07) is 13.4. The van der Waals surface area contributed by atoms with Crippen LogP contribution in [0.3, 0.4) is 0 Å². The smallest absolute Gasteiger partial charge is 0.251 e. The molecule has 30 heavy (non-hydrogen) atoms. The van der Waals surface area contributed by atoms with Gasteiger partial charge in [0.1, 0.15) is 0 Å². The molecule has 3 aromatic rings. The van der Waals surface area contributed by atoms with Crippen molar-refractivity contribution in [2.24, 2.45) is 0 Å². The number of aromatic nitrogens is 2. The maximum Gasteiger partial charge on any atom is 0.251 e. The van der Waals surface area contributed by atoms with Crippen molar-refractivity contribution in [1.29, 1.82) is 0 Å². The Morgan fingerprint density at radius 3 is 2.73 bits per heavy atom. The van der Waals surface area contributed by atoms with Gasteiger partial charge in [0.2, 0.25) is 5.95 Å². The third-order valence-corrected chi connectivity index (χ3v) is 5.26. The van der Waals surface area contributed by atoms with E-state index >= 15 is 0 Å². The standard InChI is InChI=1S/C23H27N5O2/c1-17-4-2-5-19-16-25-23(27-21(17)19)26-20-8-6-18(7-9-20)22(29)24-10-3-11-28-12-14-30-15-13-28/h2,4-9,16H,3,10-15H2,1H3,(H,24,29)(H,25,26,27). The summed E-state index contributed by atoms with van der Waals surface area (Å²) in [7, 11) is 0. The topological polar surface area (TPSA) is 79.4 Å². The number of hydrogen-bond donors (Lipinski definition) is 2. The summed E-state index contributed by atoms with van der Waals surface area (Å²) >= 11 is 0. The second-order valence-corrected chi connectivity index (χ2v) is 7.47. The van der Waals surface area contributed by atoms with Crippen LogP contribution in [0.2, 0.25) is 0 Å². The number of benzene rings is 2. The Morgan fingerprint density at radius 2 is 1.93 bits per heavy atom. The number of anilines is 2. The van der Waals surface area contributed by atoms with Crippen molar-refractivity contribution < 1.29 is 9.53 Å². The zero-order valence-electron chi connectivity index (χ0n) is 17.2. The van der Waals surface area contributed by atoms with E-state index in [0.29, 0.717) is 18.1 Å². The lowest BCUT2D eigenvalue weighted by Crippen LogP contribution is -2.38. The highest BCUT2D eigenvalue weighted by Crippen LogP contribution is 2.19. The molecule has 1 saturated heterocycles. The third-order valence-electron chi connectivity index (χ3n) is 5.26. The average molecular weight is 406 g/mol. The molecule has 1 aliphatic rings. The molecule has 2 N–H and O–H groups in total. The number of aryl methyl sites for hydroxylation is 1. The largest absolute Gasteiger partial charge is 0.379 e. The van der Waals surface area contributed by atoms with Gasteiger partial charge in [0.05, 0.1) is 18.7 Å². The molecule has 0 spiro atoms. The lowest BCUT2D eigenvalue weighted by molar-refractivity contribution is 0.0374. The van der Waals surface area contributed by atoms with Gasteiger partial charge in [-0.15, -0.1) is 0 Å². The van der Waals surface area contributed by atoms with Gasteiger partial charge >= 0.3 is 0 Å². The maximum absolute atomic E-state index is 12.4. The van der Waals surface area contributed by atoms with E-state index in [-0.39, 0.29) is 5.91 Å². The number of amides is 1. The Kier molecular flexibility index (Phi) is 6.51. The molecule has 1 aliphatic heterocycles. The quantitative estimate of drug-likeness (QED) is 0.588. The van der Waals surface area contributed by atoms with Crippen LogP contribution >= 0.6 is 0 Å². The van der Waals surface area contributed by atoms with Crippen LogP contribution in [0.25, 0.3) is 10.9 Å². The van der Waals surface area contributed by atoms with Crippen molar-refractivity contribution in [2.75, 3.05) is 44.7 Å². The first-order valence-electron chi connectivity index (χ1n) is 10.4. The van der Waals surface area contributed by atoms with E-state index in [4.69, 9.17) is 4.74 Å². The van der Waals surface area contributed by atoms with Gasteiger partial charge < -0.3 is 15.4 Å². The van der Waals surface area contributed by atoms with E-state index in [1.165, 1.54) is 0 Å². The number of nitrogens with zero attached hydrogens (tertiary/aromatic N) is 3. The number of carbonyl (C=O) groups is 1. The van der Waals surface area contributed by atoms with E-state index in [9.17, 15) is 4.79 Å². The summed E-state index contributed by atoms with van der Waals surface area (Å²) in [5.41, 5.74) is 3.52. The number of nitrogens with one attached hydrogen (secondary N) is 2.